The standard InChI is InChI=1S/C26H34N2O4/c1-5-22(26(30)27-15-18(2)3)28(16-21-8-6-19(4)7-9-21)25(29)13-11-20-10-12-23-24(14-20)32-17-31-23/h6-10,12,14,18,22H,5,11,13,15-17H2,1-4H3,(H,27,30). The number of carbonyl (C=O) groups is 2. The molecule has 1 aliphatic heterocycles. The number of fused-ring (bicyclic) bond motifs is 1. The smallest absolute Gasteiger partial charge is 0.242 e. The van der Waals surface area contributed by atoms with Crippen LogP contribution in [0.1, 0.15) is 50.3 Å². The average molecular weight is 439 g/mol. The topological polar surface area (TPSA) is 67.9 Å². The fraction of sp³-hybridized carbons (Fsp3) is 0.462. The second kappa shape index (κ2) is 11.0. The number of aryl methyl sites for hydroxylation is 2. The van der Waals surface area contributed by atoms with Crippen molar-refractivity contribution < 1.29 is 19.1 Å². The lowest BCUT2D eigenvalue weighted by Gasteiger charge is -2.31. The van der Waals surface area contributed by atoms with E-state index in [2.05, 4.69) is 19.2 Å². The van der Waals surface area contributed by atoms with E-state index >= 15 is 0 Å². The van der Waals surface area contributed by atoms with Crippen molar-refractivity contribution in [2.75, 3.05) is 13.3 Å². The fourth-order valence-corrected chi connectivity index (χ4v) is 3.72. The molecular weight excluding hydrogens is 404 g/mol. The maximum atomic E-state index is 13.4. The molecule has 0 saturated carbocycles. The molecule has 0 bridgehead atoms. The number of carbonyl (C=O) groups excluding carboxylic acids is 2. The Morgan fingerprint density at radius 2 is 1.72 bits per heavy atom. The van der Waals surface area contributed by atoms with Crippen LogP contribution in [0.2, 0.25) is 0 Å². The Morgan fingerprint density at radius 1 is 1.03 bits per heavy atom. The monoisotopic (exact) mass is 438 g/mol. The minimum Gasteiger partial charge on any atom is -0.454 e. The van der Waals surface area contributed by atoms with Crippen LogP contribution in [-0.4, -0.2) is 36.1 Å². The molecule has 172 valence electrons. The van der Waals surface area contributed by atoms with Crippen molar-refractivity contribution >= 4 is 11.8 Å². The molecule has 0 aliphatic carbocycles. The van der Waals surface area contributed by atoms with E-state index in [0.717, 1.165) is 22.4 Å². The van der Waals surface area contributed by atoms with E-state index in [1.807, 2.05) is 56.3 Å². The van der Waals surface area contributed by atoms with Crippen molar-refractivity contribution in [2.45, 2.75) is 59.5 Å². The van der Waals surface area contributed by atoms with Gasteiger partial charge in [0.1, 0.15) is 6.04 Å². The van der Waals surface area contributed by atoms with Crippen molar-refractivity contribution in [3.05, 3.63) is 59.2 Å². The number of hydrogen-bond acceptors (Lipinski definition) is 4. The molecule has 1 N–H and O–H groups in total. The third-order valence-electron chi connectivity index (χ3n) is 5.61. The summed E-state index contributed by atoms with van der Waals surface area (Å²) in [6.07, 6.45) is 1.45. The first-order valence-corrected chi connectivity index (χ1v) is 11.4. The number of ether oxygens (including phenoxy) is 2. The molecule has 0 radical (unpaired) electrons. The first-order chi connectivity index (χ1) is 15.4. The van der Waals surface area contributed by atoms with Gasteiger partial charge in [0.05, 0.1) is 0 Å². The highest BCUT2D eigenvalue weighted by Gasteiger charge is 2.28. The summed E-state index contributed by atoms with van der Waals surface area (Å²) in [4.78, 5) is 28.0. The molecule has 0 aromatic heterocycles. The van der Waals surface area contributed by atoms with Crippen LogP contribution in [0.5, 0.6) is 11.5 Å². The predicted octanol–water partition coefficient (Wildman–Crippen LogP) is 4.24. The van der Waals surface area contributed by atoms with Gasteiger partial charge in [-0.25, -0.2) is 0 Å². The van der Waals surface area contributed by atoms with Crippen molar-refractivity contribution in [2.24, 2.45) is 5.92 Å². The van der Waals surface area contributed by atoms with Gasteiger partial charge in [-0.3, -0.25) is 9.59 Å². The third kappa shape index (κ3) is 6.25. The summed E-state index contributed by atoms with van der Waals surface area (Å²) in [7, 11) is 0. The Hall–Kier alpha value is -3.02. The van der Waals surface area contributed by atoms with Crippen molar-refractivity contribution in [3.63, 3.8) is 0 Å². The molecule has 2 aromatic rings. The second-order valence-corrected chi connectivity index (χ2v) is 8.76. The van der Waals surface area contributed by atoms with Gasteiger partial charge in [0.25, 0.3) is 0 Å². The third-order valence-corrected chi connectivity index (χ3v) is 5.61. The summed E-state index contributed by atoms with van der Waals surface area (Å²) in [5, 5.41) is 3.00. The van der Waals surface area contributed by atoms with E-state index in [4.69, 9.17) is 9.47 Å². The zero-order valence-electron chi connectivity index (χ0n) is 19.5. The van der Waals surface area contributed by atoms with Crippen molar-refractivity contribution in [1.29, 1.82) is 0 Å². The van der Waals surface area contributed by atoms with Crippen LogP contribution in [0.4, 0.5) is 0 Å². The van der Waals surface area contributed by atoms with Gasteiger partial charge in [0, 0.05) is 19.5 Å². The largest absolute Gasteiger partial charge is 0.454 e. The Morgan fingerprint density at radius 3 is 2.41 bits per heavy atom. The summed E-state index contributed by atoms with van der Waals surface area (Å²) in [6, 6.07) is 13.4. The predicted molar refractivity (Wildman–Crippen MR) is 125 cm³/mol. The lowest BCUT2D eigenvalue weighted by atomic mass is 10.0. The van der Waals surface area contributed by atoms with Crippen LogP contribution in [0, 0.1) is 12.8 Å². The average Bonchev–Trinajstić information content (AvgIpc) is 3.25. The summed E-state index contributed by atoms with van der Waals surface area (Å²) in [5.74, 6) is 1.67. The van der Waals surface area contributed by atoms with Crippen molar-refractivity contribution in [3.8, 4) is 11.5 Å². The Labute approximate surface area is 190 Å². The van der Waals surface area contributed by atoms with Gasteiger partial charge in [0.2, 0.25) is 18.6 Å². The normalized spacial score (nSPS) is 13.2. The lowest BCUT2D eigenvalue weighted by Crippen LogP contribution is -2.49. The lowest BCUT2D eigenvalue weighted by molar-refractivity contribution is -0.141. The highest BCUT2D eigenvalue weighted by molar-refractivity contribution is 5.87. The Kier molecular flexibility index (Phi) is 8.14. The quantitative estimate of drug-likeness (QED) is 0.603. The van der Waals surface area contributed by atoms with E-state index in [-0.39, 0.29) is 18.6 Å². The molecule has 6 nitrogen and oxygen atoms in total. The number of nitrogens with zero attached hydrogens (tertiary/aromatic N) is 1. The van der Waals surface area contributed by atoms with E-state index in [1.165, 1.54) is 0 Å². The summed E-state index contributed by atoms with van der Waals surface area (Å²) in [5.41, 5.74) is 3.19. The molecule has 3 rings (SSSR count). The molecule has 1 heterocycles. The van der Waals surface area contributed by atoms with Crippen LogP contribution in [0.15, 0.2) is 42.5 Å². The SMILES string of the molecule is CCC(C(=O)NCC(C)C)N(Cc1ccc(C)cc1)C(=O)CCc1ccc2c(c1)OCO2. The number of benzene rings is 2. The van der Waals surface area contributed by atoms with Crippen LogP contribution in [-0.2, 0) is 22.6 Å². The van der Waals surface area contributed by atoms with Gasteiger partial charge in [-0.15, -0.1) is 0 Å². The number of hydrogen-bond donors (Lipinski definition) is 1. The molecule has 2 aromatic carbocycles. The maximum Gasteiger partial charge on any atom is 0.242 e. The van der Waals surface area contributed by atoms with Gasteiger partial charge < -0.3 is 19.7 Å². The first-order valence-electron chi connectivity index (χ1n) is 11.4. The Bertz CT molecular complexity index is 924. The van der Waals surface area contributed by atoms with Crippen LogP contribution in [0.3, 0.4) is 0 Å². The molecule has 2 amide bonds. The highest BCUT2D eigenvalue weighted by Crippen LogP contribution is 2.32. The van der Waals surface area contributed by atoms with Crippen LogP contribution in [0.25, 0.3) is 0 Å². The van der Waals surface area contributed by atoms with E-state index < -0.39 is 6.04 Å². The molecule has 0 saturated heterocycles. The molecule has 0 spiro atoms. The van der Waals surface area contributed by atoms with Gasteiger partial charge >= 0.3 is 0 Å². The van der Waals surface area contributed by atoms with E-state index in [9.17, 15) is 9.59 Å². The van der Waals surface area contributed by atoms with Gasteiger partial charge in [-0.1, -0.05) is 56.7 Å². The second-order valence-electron chi connectivity index (χ2n) is 8.76. The number of nitrogens with one attached hydrogen (secondary N) is 1. The van der Waals surface area contributed by atoms with E-state index in [1.54, 1.807) is 4.90 Å². The zero-order chi connectivity index (χ0) is 23.1. The van der Waals surface area contributed by atoms with E-state index in [0.29, 0.717) is 44.0 Å². The molecule has 0 fully saturated rings. The number of amides is 2. The van der Waals surface area contributed by atoms with Gasteiger partial charge in [0.15, 0.2) is 11.5 Å². The van der Waals surface area contributed by atoms with Crippen LogP contribution < -0.4 is 14.8 Å². The number of rotatable bonds is 10. The minimum absolute atomic E-state index is 0.0326. The van der Waals surface area contributed by atoms with Crippen molar-refractivity contribution in [1.82, 2.24) is 10.2 Å². The van der Waals surface area contributed by atoms with Gasteiger partial charge in [-0.2, -0.15) is 0 Å². The molecule has 6 heteroatoms. The first kappa shape index (κ1) is 23.6. The molecule has 1 atom stereocenters. The molecule has 1 aliphatic rings. The molecular formula is C26H34N2O4. The summed E-state index contributed by atoms with van der Waals surface area (Å²) in [6.45, 7) is 9.33. The summed E-state index contributed by atoms with van der Waals surface area (Å²) >= 11 is 0. The molecule has 1 unspecified atom stereocenters. The zero-order valence-corrected chi connectivity index (χ0v) is 19.5. The minimum atomic E-state index is -0.501. The fourth-order valence-electron chi connectivity index (χ4n) is 3.72. The van der Waals surface area contributed by atoms with Gasteiger partial charge in [-0.05, 0) is 48.9 Å². The maximum absolute atomic E-state index is 13.4. The highest BCUT2D eigenvalue weighted by atomic mass is 16.7. The summed E-state index contributed by atoms with van der Waals surface area (Å²) < 4.78 is 10.8. The Balaban J connectivity index is 1.74. The van der Waals surface area contributed by atoms with Crippen LogP contribution >= 0.6 is 0 Å². The molecule has 32 heavy (non-hydrogen) atoms.